The minimum atomic E-state index is -0.517. The maximum atomic E-state index is 12.8. The van der Waals surface area contributed by atoms with Gasteiger partial charge in [-0.15, -0.1) is 0 Å². The molecule has 3 saturated carbocycles. The molecule has 1 heterocycles. The number of ketones is 1. The second-order valence-electron chi connectivity index (χ2n) is 6.45. The molecule has 4 fully saturated rings. The summed E-state index contributed by atoms with van der Waals surface area (Å²) >= 11 is 6.02. The summed E-state index contributed by atoms with van der Waals surface area (Å²) in [5, 5.41) is 9.14. The van der Waals surface area contributed by atoms with E-state index >= 15 is 0 Å². The molecule has 23 heavy (non-hydrogen) atoms. The number of nitrogens with zero attached hydrogens (tertiary/aromatic N) is 2. The van der Waals surface area contributed by atoms with Crippen molar-refractivity contribution in [2.75, 3.05) is 4.90 Å². The van der Waals surface area contributed by atoms with Crippen LogP contribution in [0.1, 0.15) is 24.8 Å². The van der Waals surface area contributed by atoms with Crippen LogP contribution in [0.25, 0.3) is 0 Å². The van der Waals surface area contributed by atoms with Crippen LogP contribution in [-0.4, -0.2) is 17.6 Å². The Labute approximate surface area is 137 Å². The number of carbonyl (C=O) groups excluding carboxylic acids is 3. The molecule has 0 aromatic heterocycles. The molecule has 4 atom stereocenters. The van der Waals surface area contributed by atoms with Crippen molar-refractivity contribution in [2.45, 2.75) is 19.3 Å². The molecular weight excluding hydrogens is 316 g/mol. The van der Waals surface area contributed by atoms with Gasteiger partial charge in [-0.3, -0.25) is 14.4 Å². The molecule has 4 unspecified atom stereocenters. The van der Waals surface area contributed by atoms with Crippen molar-refractivity contribution in [3.63, 3.8) is 0 Å². The molecule has 1 saturated heterocycles. The van der Waals surface area contributed by atoms with E-state index in [-0.39, 0.29) is 40.4 Å². The largest absolute Gasteiger partial charge is 0.299 e. The average molecular weight is 329 g/mol. The van der Waals surface area contributed by atoms with E-state index in [1.54, 1.807) is 6.07 Å². The van der Waals surface area contributed by atoms with Crippen LogP contribution in [0.5, 0.6) is 0 Å². The van der Waals surface area contributed by atoms with Gasteiger partial charge in [0.25, 0.3) is 0 Å². The number of fused-ring (bicyclic) bond motifs is 2. The standard InChI is InChI=1S/C17H13ClN2O3/c18-12-6-10(3-1-9(12)7-19)20-16(22)14-8-2-4-11(13(21)5-8)15(14)17(20)23/h1,3,6,8,11,14-15H,2,4-5H2. The second kappa shape index (κ2) is 4.90. The fraction of sp³-hybridized carbons (Fsp3) is 0.412. The fourth-order valence-electron chi connectivity index (χ4n) is 4.37. The molecule has 116 valence electrons. The first kappa shape index (κ1) is 14.4. The highest BCUT2D eigenvalue weighted by molar-refractivity contribution is 6.32. The van der Waals surface area contributed by atoms with Crippen molar-refractivity contribution < 1.29 is 14.4 Å². The van der Waals surface area contributed by atoms with Gasteiger partial charge < -0.3 is 0 Å². The predicted molar refractivity (Wildman–Crippen MR) is 81.5 cm³/mol. The van der Waals surface area contributed by atoms with Gasteiger partial charge in [0.05, 0.1) is 28.1 Å². The Morgan fingerprint density at radius 3 is 2.52 bits per heavy atom. The number of hydrogen-bond acceptors (Lipinski definition) is 4. The van der Waals surface area contributed by atoms with E-state index in [9.17, 15) is 14.4 Å². The SMILES string of the molecule is N#Cc1ccc(N2C(=O)C3C4CCC(C(=O)C4)C3C2=O)cc1Cl. The Morgan fingerprint density at radius 2 is 1.87 bits per heavy atom. The zero-order valence-corrected chi connectivity index (χ0v) is 12.9. The lowest BCUT2D eigenvalue weighted by atomic mass is 9.59. The first-order chi connectivity index (χ1) is 11.0. The summed E-state index contributed by atoms with van der Waals surface area (Å²) in [6.07, 6.45) is 1.94. The lowest BCUT2D eigenvalue weighted by Gasteiger charge is -2.41. The zero-order chi connectivity index (χ0) is 16.3. The fourth-order valence-corrected chi connectivity index (χ4v) is 4.59. The molecule has 1 aromatic carbocycles. The van der Waals surface area contributed by atoms with Crippen LogP contribution in [0.2, 0.25) is 5.02 Å². The molecule has 1 aromatic rings. The summed E-state index contributed by atoms with van der Waals surface area (Å²) < 4.78 is 0. The van der Waals surface area contributed by atoms with Gasteiger partial charge in [0.2, 0.25) is 11.8 Å². The summed E-state index contributed by atoms with van der Waals surface area (Å²) in [7, 11) is 0. The normalized spacial score (nSPS) is 32.2. The Kier molecular flexibility index (Phi) is 3.07. The van der Waals surface area contributed by atoms with Crippen LogP contribution in [0, 0.1) is 35.0 Å². The van der Waals surface area contributed by atoms with Gasteiger partial charge in [-0.2, -0.15) is 5.26 Å². The van der Waals surface area contributed by atoms with Gasteiger partial charge in [0.1, 0.15) is 11.9 Å². The number of halogens is 1. The number of amides is 2. The van der Waals surface area contributed by atoms with Crippen LogP contribution in [-0.2, 0) is 14.4 Å². The van der Waals surface area contributed by atoms with E-state index in [2.05, 4.69) is 0 Å². The number of benzene rings is 1. The molecule has 0 spiro atoms. The van der Waals surface area contributed by atoms with Crippen molar-refractivity contribution >= 4 is 34.9 Å². The second-order valence-corrected chi connectivity index (χ2v) is 6.86. The van der Waals surface area contributed by atoms with Crippen LogP contribution in [0.3, 0.4) is 0 Å². The third-order valence-electron chi connectivity index (χ3n) is 5.40. The predicted octanol–water partition coefficient (Wildman–Crippen LogP) is 2.32. The smallest absolute Gasteiger partial charge is 0.238 e. The van der Waals surface area contributed by atoms with Crippen molar-refractivity contribution in [1.29, 1.82) is 5.26 Å². The number of rotatable bonds is 1. The van der Waals surface area contributed by atoms with E-state index in [0.717, 1.165) is 11.3 Å². The third-order valence-corrected chi connectivity index (χ3v) is 5.71. The van der Waals surface area contributed by atoms with Crippen LogP contribution in [0.4, 0.5) is 5.69 Å². The van der Waals surface area contributed by atoms with Gasteiger partial charge >= 0.3 is 0 Å². The molecule has 0 radical (unpaired) electrons. The van der Waals surface area contributed by atoms with Crippen molar-refractivity contribution in [1.82, 2.24) is 0 Å². The summed E-state index contributed by atoms with van der Waals surface area (Å²) in [4.78, 5) is 38.8. The topological polar surface area (TPSA) is 78.2 Å². The molecule has 4 aliphatic rings. The summed E-state index contributed by atoms with van der Waals surface area (Å²) in [6, 6.07) is 6.48. The molecule has 2 bridgehead atoms. The van der Waals surface area contributed by atoms with E-state index < -0.39 is 5.92 Å². The van der Waals surface area contributed by atoms with Crippen molar-refractivity contribution in [2.24, 2.45) is 23.7 Å². The van der Waals surface area contributed by atoms with Gasteiger partial charge in [-0.05, 0) is 37.0 Å². The number of Topliss-reactive ketones (excluding diaryl/α,β-unsaturated/α-hetero) is 1. The molecule has 3 aliphatic carbocycles. The van der Waals surface area contributed by atoms with E-state index in [0.29, 0.717) is 24.1 Å². The lowest BCUT2D eigenvalue weighted by molar-refractivity contribution is -0.143. The molecule has 6 heteroatoms. The zero-order valence-electron chi connectivity index (χ0n) is 12.2. The lowest BCUT2D eigenvalue weighted by Crippen LogP contribution is -2.46. The number of hydrogen-bond donors (Lipinski definition) is 0. The molecule has 0 N–H and O–H groups in total. The first-order valence-electron chi connectivity index (χ1n) is 7.63. The van der Waals surface area contributed by atoms with Crippen LogP contribution in [0.15, 0.2) is 18.2 Å². The van der Waals surface area contributed by atoms with Crippen LogP contribution < -0.4 is 4.90 Å². The number of anilines is 1. The molecular formula is C17H13ClN2O3. The number of nitriles is 1. The van der Waals surface area contributed by atoms with Crippen molar-refractivity contribution in [3.8, 4) is 6.07 Å². The van der Waals surface area contributed by atoms with Crippen LogP contribution >= 0.6 is 11.6 Å². The van der Waals surface area contributed by atoms with Gasteiger partial charge in [0, 0.05) is 12.3 Å². The Bertz CT molecular complexity index is 798. The van der Waals surface area contributed by atoms with Gasteiger partial charge in [-0.25, -0.2) is 4.90 Å². The maximum Gasteiger partial charge on any atom is 0.238 e. The third kappa shape index (κ3) is 1.88. The van der Waals surface area contributed by atoms with E-state index in [1.807, 2.05) is 6.07 Å². The summed E-state index contributed by atoms with van der Waals surface area (Å²) in [6.45, 7) is 0. The number of imide groups is 1. The summed E-state index contributed by atoms with van der Waals surface area (Å²) in [5.41, 5.74) is 0.674. The average Bonchev–Trinajstić information content (AvgIpc) is 2.81. The Hall–Kier alpha value is -2.19. The first-order valence-corrected chi connectivity index (χ1v) is 8.01. The van der Waals surface area contributed by atoms with Gasteiger partial charge in [-0.1, -0.05) is 11.6 Å². The molecule has 5 nitrogen and oxygen atoms in total. The quantitative estimate of drug-likeness (QED) is 0.741. The van der Waals surface area contributed by atoms with E-state index in [4.69, 9.17) is 16.9 Å². The Balaban J connectivity index is 1.76. The van der Waals surface area contributed by atoms with Crippen molar-refractivity contribution in [3.05, 3.63) is 28.8 Å². The maximum absolute atomic E-state index is 12.8. The minimum absolute atomic E-state index is 0.0206. The van der Waals surface area contributed by atoms with E-state index in [1.165, 1.54) is 12.1 Å². The van der Waals surface area contributed by atoms with Gasteiger partial charge in [0.15, 0.2) is 0 Å². The summed E-state index contributed by atoms with van der Waals surface area (Å²) in [5.74, 6) is -1.66. The molecule has 5 rings (SSSR count). The Morgan fingerprint density at radius 1 is 1.13 bits per heavy atom. The highest BCUT2D eigenvalue weighted by Crippen LogP contribution is 2.52. The highest BCUT2D eigenvalue weighted by Gasteiger charge is 2.60. The highest BCUT2D eigenvalue weighted by atomic mass is 35.5. The monoisotopic (exact) mass is 328 g/mol. The number of carbonyl (C=O) groups is 3. The minimum Gasteiger partial charge on any atom is -0.299 e. The molecule has 2 amide bonds. The molecule has 1 aliphatic heterocycles.